The Morgan fingerprint density at radius 2 is 2.15 bits per heavy atom. The van der Waals surface area contributed by atoms with Crippen LogP contribution in [0, 0.1) is 11.3 Å². The fraction of sp³-hybridized carbons (Fsp3) is 0.312. The number of rotatable bonds is 6. The van der Waals surface area contributed by atoms with Gasteiger partial charge in [0.15, 0.2) is 0 Å². The summed E-state index contributed by atoms with van der Waals surface area (Å²) < 4.78 is 0. The van der Waals surface area contributed by atoms with Gasteiger partial charge < -0.3 is 5.32 Å². The highest BCUT2D eigenvalue weighted by molar-refractivity contribution is 7.99. The van der Waals surface area contributed by atoms with Gasteiger partial charge in [-0.25, -0.2) is 0 Å². The molecule has 20 heavy (non-hydrogen) atoms. The van der Waals surface area contributed by atoms with E-state index in [1.807, 2.05) is 18.2 Å². The fourth-order valence-corrected chi connectivity index (χ4v) is 3.74. The zero-order valence-electron chi connectivity index (χ0n) is 11.7. The predicted octanol–water partition coefficient (Wildman–Crippen LogP) is 5.29. The molecule has 0 aliphatic rings. The molecule has 0 saturated carbocycles. The molecule has 0 spiro atoms. The van der Waals surface area contributed by atoms with E-state index in [-0.39, 0.29) is 6.04 Å². The van der Waals surface area contributed by atoms with E-state index in [1.54, 1.807) is 23.1 Å². The van der Waals surface area contributed by atoms with E-state index in [0.29, 0.717) is 0 Å². The zero-order valence-corrected chi connectivity index (χ0v) is 13.4. The molecule has 2 aromatic rings. The second kappa shape index (κ2) is 7.37. The maximum Gasteiger partial charge on any atom is 0.102 e. The van der Waals surface area contributed by atoms with E-state index in [2.05, 4.69) is 42.7 Å². The Bertz CT molecular complexity index is 585. The van der Waals surface area contributed by atoms with Crippen LogP contribution in [0.4, 0.5) is 5.69 Å². The molecule has 1 heterocycles. The van der Waals surface area contributed by atoms with Crippen LogP contribution < -0.4 is 5.32 Å². The summed E-state index contributed by atoms with van der Waals surface area (Å²) in [6.07, 6.45) is 0.997. The van der Waals surface area contributed by atoms with Gasteiger partial charge in [-0.2, -0.15) is 5.26 Å². The van der Waals surface area contributed by atoms with Crippen LogP contribution in [-0.4, -0.2) is 5.75 Å². The molecule has 0 amide bonds. The maximum absolute atomic E-state index is 9.44. The molecule has 0 fully saturated rings. The molecule has 0 aliphatic heterocycles. The van der Waals surface area contributed by atoms with Gasteiger partial charge in [-0.15, -0.1) is 23.1 Å². The normalized spacial score (nSPS) is 11.8. The van der Waals surface area contributed by atoms with E-state index in [4.69, 9.17) is 0 Å². The van der Waals surface area contributed by atoms with Gasteiger partial charge in [-0.1, -0.05) is 26.0 Å². The minimum absolute atomic E-state index is 0.268. The SMILES string of the molecule is CCSc1cccc(NC(CC)c2cccs2)c1C#N. The van der Waals surface area contributed by atoms with Gasteiger partial charge >= 0.3 is 0 Å². The Hall–Kier alpha value is -1.44. The minimum Gasteiger partial charge on any atom is -0.376 e. The summed E-state index contributed by atoms with van der Waals surface area (Å²) in [6, 6.07) is 12.8. The Kier molecular flexibility index (Phi) is 5.51. The first kappa shape index (κ1) is 15.0. The van der Waals surface area contributed by atoms with Gasteiger partial charge in [0.1, 0.15) is 6.07 Å². The lowest BCUT2D eigenvalue weighted by Crippen LogP contribution is -2.09. The molecule has 0 bridgehead atoms. The topological polar surface area (TPSA) is 35.8 Å². The average molecular weight is 302 g/mol. The number of nitriles is 1. The van der Waals surface area contributed by atoms with Crippen molar-refractivity contribution in [3.63, 3.8) is 0 Å². The van der Waals surface area contributed by atoms with Gasteiger partial charge in [-0.05, 0) is 35.8 Å². The fourth-order valence-electron chi connectivity index (χ4n) is 2.09. The summed E-state index contributed by atoms with van der Waals surface area (Å²) in [4.78, 5) is 2.37. The second-order valence-corrected chi connectivity index (χ2v) is 6.63. The number of anilines is 1. The Morgan fingerprint density at radius 3 is 2.75 bits per heavy atom. The van der Waals surface area contributed by atoms with Crippen LogP contribution in [0.1, 0.15) is 36.8 Å². The molecule has 0 aliphatic carbocycles. The third-order valence-corrected chi connectivity index (χ3v) is 4.99. The van der Waals surface area contributed by atoms with Crippen molar-refractivity contribution < 1.29 is 0 Å². The molecule has 104 valence electrons. The average Bonchev–Trinajstić information content (AvgIpc) is 2.99. The molecule has 1 atom stereocenters. The molecule has 0 saturated heterocycles. The Balaban J connectivity index is 2.29. The summed E-state index contributed by atoms with van der Waals surface area (Å²) in [5.74, 6) is 0.972. The van der Waals surface area contributed by atoms with E-state index in [0.717, 1.165) is 28.3 Å². The van der Waals surface area contributed by atoms with Crippen molar-refractivity contribution in [1.29, 1.82) is 5.26 Å². The smallest absolute Gasteiger partial charge is 0.102 e. The highest BCUT2D eigenvalue weighted by atomic mass is 32.2. The molecular weight excluding hydrogens is 284 g/mol. The third-order valence-electron chi connectivity index (χ3n) is 3.06. The lowest BCUT2D eigenvalue weighted by atomic mass is 10.1. The van der Waals surface area contributed by atoms with Gasteiger partial charge in [-0.3, -0.25) is 0 Å². The minimum atomic E-state index is 0.268. The van der Waals surface area contributed by atoms with Gasteiger partial charge in [0.2, 0.25) is 0 Å². The molecule has 1 aromatic heterocycles. The highest BCUT2D eigenvalue weighted by Gasteiger charge is 2.14. The molecule has 2 nitrogen and oxygen atoms in total. The molecule has 4 heteroatoms. The summed E-state index contributed by atoms with van der Waals surface area (Å²) in [5.41, 5.74) is 1.69. The van der Waals surface area contributed by atoms with Crippen molar-refractivity contribution in [2.75, 3.05) is 11.1 Å². The Morgan fingerprint density at radius 1 is 1.30 bits per heavy atom. The quantitative estimate of drug-likeness (QED) is 0.736. The summed E-state index contributed by atoms with van der Waals surface area (Å²) >= 11 is 3.47. The van der Waals surface area contributed by atoms with Crippen molar-refractivity contribution in [3.05, 3.63) is 46.2 Å². The van der Waals surface area contributed by atoms with E-state index in [1.165, 1.54) is 4.88 Å². The second-order valence-electron chi connectivity index (χ2n) is 4.34. The van der Waals surface area contributed by atoms with Gasteiger partial charge in [0.05, 0.1) is 17.3 Å². The van der Waals surface area contributed by atoms with E-state index in [9.17, 15) is 5.26 Å². The number of hydrogen-bond acceptors (Lipinski definition) is 4. The van der Waals surface area contributed by atoms with Crippen LogP contribution in [0.2, 0.25) is 0 Å². The van der Waals surface area contributed by atoms with Crippen molar-refractivity contribution >= 4 is 28.8 Å². The van der Waals surface area contributed by atoms with Crippen molar-refractivity contribution in [1.82, 2.24) is 0 Å². The first-order chi connectivity index (χ1) is 9.80. The van der Waals surface area contributed by atoms with Crippen LogP contribution in [0.15, 0.2) is 40.6 Å². The standard InChI is InChI=1S/C16H18N2S2/c1-3-13(16-9-6-10-20-16)18-14-7-5-8-15(19-4-2)12(14)11-17/h5-10,13,18H,3-4H2,1-2H3. The van der Waals surface area contributed by atoms with Gasteiger partial charge in [0.25, 0.3) is 0 Å². The zero-order chi connectivity index (χ0) is 14.4. The van der Waals surface area contributed by atoms with Crippen LogP contribution in [0.5, 0.6) is 0 Å². The largest absolute Gasteiger partial charge is 0.376 e. The lowest BCUT2D eigenvalue weighted by Gasteiger charge is -2.18. The van der Waals surface area contributed by atoms with Gasteiger partial charge in [0, 0.05) is 9.77 Å². The number of nitrogens with one attached hydrogen (secondary N) is 1. The number of benzene rings is 1. The monoisotopic (exact) mass is 302 g/mol. The first-order valence-electron chi connectivity index (χ1n) is 6.76. The maximum atomic E-state index is 9.44. The summed E-state index contributed by atoms with van der Waals surface area (Å²) in [6.45, 7) is 4.26. The molecule has 1 aromatic carbocycles. The van der Waals surface area contributed by atoms with Crippen molar-refractivity contribution in [2.24, 2.45) is 0 Å². The first-order valence-corrected chi connectivity index (χ1v) is 8.62. The van der Waals surface area contributed by atoms with Crippen LogP contribution in [0.25, 0.3) is 0 Å². The number of thioether (sulfide) groups is 1. The van der Waals surface area contributed by atoms with Crippen molar-refractivity contribution in [3.8, 4) is 6.07 Å². The molecular formula is C16H18N2S2. The summed E-state index contributed by atoms with van der Waals surface area (Å²) in [7, 11) is 0. The van der Waals surface area contributed by atoms with Crippen LogP contribution in [0.3, 0.4) is 0 Å². The predicted molar refractivity (Wildman–Crippen MR) is 88.5 cm³/mol. The van der Waals surface area contributed by atoms with Crippen LogP contribution in [-0.2, 0) is 0 Å². The molecule has 1 unspecified atom stereocenters. The highest BCUT2D eigenvalue weighted by Crippen LogP contribution is 2.32. The number of hydrogen-bond donors (Lipinski definition) is 1. The number of thiophene rings is 1. The van der Waals surface area contributed by atoms with Crippen molar-refractivity contribution in [2.45, 2.75) is 31.2 Å². The Labute approximate surface area is 128 Å². The molecule has 0 radical (unpaired) electrons. The third kappa shape index (κ3) is 3.36. The van der Waals surface area contributed by atoms with Crippen LogP contribution >= 0.6 is 23.1 Å². The number of nitrogens with zero attached hydrogens (tertiary/aromatic N) is 1. The molecule has 1 N–H and O–H groups in total. The lowest BCUT2D eigenvalue weighted by molar-refractivity contribution is 0.763. The van der Waals surface area contributed by atoms with E-state index >= 15 is 0 Å². The molecule has 2 rings (SSSR count). The summed E-state index contributed by atoms with van der Waals surface area (Å²) in [5, 5.41) is 15.1. The van der Waals surface area contributed by atoms with E-state index < -0.39 is 0 Å².